The van der Waals surface area contributed by atoms with Crippen LogP contribution in [-0.4, -0.2) is 38.3 Å². The first-order chi connectivity index (χ1) is 11.0. The maximum Gasteiger partial charge on any atom is 0.429 e. The summed E-state index contributed by atoms with van der Waals surface area (Å²) in [5.41, 5.74) is 2.22. The number of benzene rings is 2. The van der Waals surface area contributed by atoms with E-state index < -0.39 is 11.9 Å². The minimum Gasteiger partial charge on any atom is -0.478 e. The lowest BCUT2D eigenvalue weighted by atomic mass is 9.87. The number of aromatic carboxylic acids is 1. The van der Waals surface area contributed by atoms with Crippen molar-refractivity contribution in [2.24, 2.45) is 0 Å². The quantitative estimate of drug-likeness (QED) is 0.827. The molecule has 1 aliphatic heterocycles. The second-order valence-corrected chi connectivity index (χ2v) is 5.47. The molecule has 1 heterocycles. The molecule has 0 saturated heterocycles. The molecular weight excluding hydrogens is 298 g/mol. The van der Waals surface area contributed by atoms with Crippen LogP contribution in [0.4, 0.5) is 5.69 Å². The lowest BCUT2D eigenvalue weighted by Gasteiger charge is -2.15. The Labute approximate surface area is 129 Å². The zero-order valence-electron chi connectivity index (χ0n) is 11.7. The Morgan fingerprint density at radius 3 is 2.48 bits per heavy atom. The zero-order chi connectivity index (χ0) is 16.3. The molecule has 6 heteroatoms. The van der Waals surface area contributed by atoms with Gasteiger partial charge in [0.05, 0.1) is 5.56 Å². The lowest BCUT2D eigenvalue weighted by Crippen LogP contribution is -2.21. The molecule has 1 amide bonds. The number of hydrogen-bond donors (Lipinski definition) is 2. The van der Waals surface area contributed by atoms with Gasteiger partial charge in [0.1, 0.15) is 11.1 Å². The van der Waals surface area contributed by atoms with Gasteiger partial charge in [-0.1, -0.05) is 10.6 Å². The highest BCUT2D eigenvalue weighted by Crippen LogP contribution is 2.31. The summed E-state index contributed by atoms with van der Waals surface area (Å²) in [6.45, 7) is 0. The third-order valence-electron chi connectivity index (χ3n) is 4.16. The van der Waals surface area contributed by atoms with E-state index in [1.165, 1.54) is 18.2 Å². The van der Waals surface area contributed by atoms with Crippen LogP contribution in [0.15, 0.2) is 36.4 Å². The molecule has 2 aliphatic rings. The van der Waals surface area contributed by atoms with Crippen molar-refractivity contribution in [2.45, 2.75) is 6.42 Å². The van der Waals surface area contributed by atoms with Crippen molar-refractivity contribution in [1.82, 2.24) is 0 Å². The number of carboxylic acids is 1. The van der Waals surface area contributed by atoms with E-state index in [-0.39, 0.29) is 28.4 Å². The largest absolute Gasteiger partial charge is 0.478 e. The van der Waals surface area contributed by atoms with E-state index in [1.807, 2.05) is 0 Å². The second kappa shape index (κ2) is 4.36. The predicted molar refractivity (Wildman–Crippen MR) is 78.9 cm³/mol. The molecule has 6 nitrogen and oxygen atoms in total. The molecule has 2 aromatic rings. The monoisotopic (exact) mass is 308 g/mol. The smallest absolute Gasteiger partial charge is 0.429 e. The summed E-state index contributed by atoms with van der Waals surface area (Å²) < 4.78 is 1.09. The standard InChI is InChI=1S/C17H9NO5/c19-14-6-8-1-3-10(7-12(8)14)18-15(20)11-4-2-9(17(22)23)5-13(11)16(18)21/h1-5,7H,6H2,(H,22,23)/p+1. The number of ketones is 1. The molecule has 0 fully saturated rings. The summed E-state index contributed by atoms with van der Waals surface area (Å²) in [6, 6.07) is 8.93. The predicted octanol–water partition coefficient (Wildman–Crippen LogP) is 1.93. The molecule has 112 valence electrons. The molecule has 0 atom stereocenters. The van der Waals surface area contributed by atoms with Crippen LogP contribution in [0, 0.1) is 0 Å². The van der Waals surface area contributed by atoms with E-state index in [2.05, 4.69) is 0 Å². The van der Waals surface area contributed by atoms with Gasteiger partial charge in [0.25, 0.3) is 0 Å². The van der Waals surface area contributed by atoms with Crippen LogP contribution in [0.3, 0.4) is 0 Å². The molecule has 2 aromatic carbocycles. The van der Waals surface area contributed by atoms with Crippen LogP contribution in [0.5, 0.6) is 0 Å². The fourth-order valence-corrected chi connectivity index (χ4v) is 2.90. The number of rotatable bonds is 2. The van der Waals surface area contributed by atoms with Crippen molar-refractivity contribution in [1.29, 1.82) is 0 Å². The van der Waals surface area contributed by atoms with Crippen molar-refractivity contribution in [3.63, 3.8) is 0 Å². The van der Waals surface area contributed by atoms with Crippen LogP contribution >= 0.6 is 0 Å². The Hall–Kier alpha value is -3.28. The number of nitrogens with zero attached hydrogens (tertiary/aromatic N) is 1. The summed E-state index contributed by atoms with van der Waals surface area (Å²) in [5, 5.41) is 19.4. The zero-order valence-corrected chi connectivity index (χ0v) is 11.7. The average Bonchev–Trinajstić information content (AvgIpc) is 2.78. The summed E-state index contributed by atoms with van der Waals surface area (Å²) >= 11 is 0. The molecule has 1 aliphatic carbocycles. The normalized spacial score (nSPS) is 15.3. The van der Waals surface area contributed by atoms with Gasteiger partial charge in [0, 0.05) is 24.1 Å². The maximum atomic E-state index is 12.5. The molecule has 0 spiro atoms. The van der Waals surface area contributed by atoms with Gasteiger partial charge in [0.15, 0.2) is 5.78 Å². The van der Waals surface area contributed by atoms with Crippen LogP contribution in [0.2, 0.25) is 0 Å². The number of carbonyl (C=O) groups excluding carboxylic acids is 2. The number of fused-ring (bicyclic) bond motifs is 2. The van der Waals surface area contributed by atoms with E-state index in [4.69, 9.17) is 5.11 Å². The van der Waals surface area contributed by atoms with Crippen LogP contribution in [-0.2, 0) is 6.42 Å². The molecule has 4 rings (SSSR count). The summed E-state index contributed by atoms with van der Waals surface area (Å²) in [7, 11) is 0. The van der Waals surface area contributed by atoms with Crippen molar-refractivity contribution in [3.8, 4) is 0 Å². The number of Topliss-reactive ketones (excluding diaryl/α,β-unsaturated/α-hetero) is 1. The fourth-order valence-electron chi connectivity index (χ4n) is 2.90. The molecular formula is C17H10NO5+. The minimum absolute atomic E-state index is 0.00124. The summed E-state index contributed by atoms with van der Waals surface area (Å²) in [5.74, 6) is -1.93. The molecule has 0 saturated carbocycles. The van der Waals surface area contributed by atoms with Gasteiger partial charge >= 0.3 is 17.8 Å². The van der Waals surface area contributed by atoms with Gasteiger partial charge in [-0.25, -0.2) is 9.59 Å². The Morgan fingerprint density at radius 2 is 1.78 bits per heavy atom. The molecule has 2 N–H and O–H groups in total. The SMILES string of the molecule is O=C(O)c1ccc2c(c1)C(O)=[N+](c1ccc3c(c1)C(=O)C3)C2=O. The molecule has 0 unspecified atom stereocenters. The molecule has 0 aromatic heterocycles. The Kier molecular flexibility index (Phi) is 2.54. The average molecular weight is 308 g/mol. The highest BCUT2D eigenvalue weighted by molar-refractivity contribution is 6.12. The van der Waals surface area contributed by atoms with Crippen molar-refractivity contribution in [2.75, 3.05) is 0 Å². The maximum absolute atomic E-state index is 12.5. The fraction of sp³-hybridized carbons (Fsp3) is 0.0588. The van der Waals surface area contributed by atoms with Gasteiger partial charge < -0.3 is 10.2 Å². The van der Waals surface area contributed by atoms with Crippen LogP contribution in [0.1, 0.15) is 42.2 Å². The molecule has 0 radical (unpaired) electrons. The highest BCUT2D eigenvalue weighted by Gasteiger charge is 2.41. The van der Waals surface area contributed by atoms with Crippen molar-refractivity contribution in [3.05, 3.63) is 64.2 Å². The first-order valence-corrected chi connectivity index (χ1v) is 6.91. The Morgan fingerprint density at radius 1 is 1.00 bits per heavy atom. The van der Waals surface area contributed by atoms with Gasteiger partial charge in [-0.2, -0.15) is 0 Å². The highest BCUT2D eigenvalue weighted by atomic mass is 16.4. The number of aliphatic hydroxyl groups excluding tert-OH is 1. The van der Waals surface area contributed by atoms with E-state index in [1.54, 1.807) is 18.2 Å². The van der Waals surface area contributed by atoms with Crippen molar-refractivity contribution >= 4 is 29.2 Å². The van der Waals surface area contributed by atoms with Gasteiger partial charge in [-0.15, -0.1) is 0 Å². The van der Waals surface area contributed by atoms with E-state index in [0.717, 1.165) is 10.1 Å². The van der Waals surface area contributed by atoms with E-state index in [9.17, 15) is 19.5 Å². The van der Waals surface area contributed by atoms with Crippen molar-refractivity contribution < 1.29 is 29.2 Å². The van der Waals surface area contributed by atoms with Gasteiger partial charge in [-0.05, 0) is 23.8 Å². The minimum atomic E-state index is -1.14. The van der Waals surface area contributed by atoms with E-state index in [0.29, 0.717) is 17.7 Å². The lowest BCUT2D eigenvalue weighted by molar-refractivity contribution is -0.341. The Bertz CT molecular complexity index is 971. The van der Waals surface area contributed by atoms with Crippen LogP contribution < -0.4 is 0 Å². The molecule has 23 heavy (non-hydrogen) atoms. The first-order valence-electron chi connectivity index (χ1n) is 6.91. The van der Waals surface area contributed by atoms with Gasteiger partial charge in [-0.3, -0.25) is 4.79 Å². The summed E-state index contributed by atoms with van der Waals surface area (Å²) in [4.78, 5) is 35.1. The number of aliphatic hydroxyl groups is 1. The number of amides is 1. The first kappa shape index (κ1) is 13.4. The van der Waals surface area contributed by atoms with Crippen LogP contribution in [0.25, 0.3) is 0 Å². The molecule has 0 bridgehead atoms. The number of hydrogen-bond acceptors (Lipinski definition) is 3. The summed E-state index contributed by atoms with van der Waals surface area (Å²) in [6.07, 6.45) is 0.390. The number of carboxylic acid groups (broad SMARTS) is 1. The number of carbonyl (C=O) groups is 3. The topological polar surface area (TPSA) is 94.7 Å². The second-order valence-electron chi connectivity index (χ2n) is 5.47. The third kappa shape index (κ3) is 1.75. The van der Waals surface area contributed by atoms with E-state index >= 15 is 0 Å². The third-order valence-corrected chi connectivity index (χ3v) is 4.16. The van der Waals surface area contributed by atoms with Gasteiger partial charge in [0.2, 0.25) is 5.69 Å². The Balaban J connectivity index is 1.87.